The fourth-order valence-electron chi connectivity index (χ4n) is 3.77. The van der Waals surface area contributed by atoms with Gasteiger partial charge in [-0.3, -0.25) is 14.3 Å². The van der Waals surface area contributed by atoms with Crippen molar-refractivity contribution in [1.29, 1.82) is 0 Å². The van der Waals surface area contributed by atoms with Crippen molar-refractivity contribution in [1.82, 2.24) is 44.9 Å². The van der Waals surface area contributed by atoms with Crippen molar-refractivity contribution < 1.29 is 4.79 Å². The van der Waals surface area contributed by atoms with Crippen LogP contribution in [0, 0.1) is 19.8 Å². The highest BCUT2D eigenvalue weighted by Crippen LogP contribution is 2.30. The van der Waals surface area contributed by atoms with Crippen LogP contribution in [0.4, 0.5) is 0 Å². The molecule has 1 amide bonds. The molecular weight excluding hydrogens is 438 g/mol. The van der Waals surface area contributed by atoms with Crippen molar-refractivity contribution in [3.05, 3.63) is 65.1 Å². The number of hydrogen-bond donors (Lipinski definition) is 2. The smallest absolute Gasteiger partial charge is 0.253 e. The van der Waals surface area contributed by atoms with Crippen LogP contribution in [-0.4, -0.2) is 45.5 Å². The lowest BCUT2D eigenvalue weighted by atomic mass is 10.0. The number of pyridine rings is 1. The molecule has 0 aliphatic rings. The van der Waals surface area contributed by atoms with Gasteiger partial charge < -0.3 is 5.32 Å². The molecular formula is C22H23N9OS. The predicted molar refractivity (Wildman–Crippen MR) is 124 cm³/mol. The molecule has 0 saturated heterocycles. The Morgan fingerprint density at radius 1 is 1.18 bits per heavy atom. The Bertz CT molecular complexity index is 1430. The molecule has 0 fully saturated rings. The summed E-state index contributed by atoms with van der Waals surface area (Å²) >= 11 is 1.68. The van der Waals surface area contributed by atoms with Gasteiger partial charge in [0.25, 0.3) is 5.91 Å². The maximum atomic E-state index is 13.4. The maximum absolute atomic E-state index is 13.4. The number of aryl methyl sites for hydroxylation is 2. The van der Waals surface area contributed by atoms with E-state index < -0.39 is 0 Å². The van der Waals surface area contributed by atoms with Crippen molar-refractivity contribution in [2.45, 2.75) is 33.7 Å². The van der Waals surface area contributed by atoms with E-state index in [4.69, 9.17) is 0 Å². The zero-order chi connectivity index (χ0) is 23.1. The number of aromatic amines is 1. The first-order chi connectivity index (χ1) is 15.9. The minimum absolute atomic E-state index is 0.112. The number of carbonyl (C=O) groups excluding carboxylic acids is 1. The number of H-pyrrole nitrogens is 1. The average molecular weight is 462 g/mol. The molecule has 168 valence electrons. The van der Waals surface area contributed by atoms with Crippen molar-refractivity contribution >= 4 is 22.9 Å². The Morgan fingerprint density at radius 2 is 2.03 bits per heavy atom. The van der Waals surface area contributed by atoms with E-state index in [1.54, 1.807) is 28.3 Å². The van der Waals surface area contributed by atoms with E-state index in [9.17, 15) is 4.79 Å². The number of nitrogens with zero attached hydrogens (tertiary/aromatic N) is 7. The van der Waals surface area contributed by atoms with E-state index in [0.717, 1.165) is 16.3 Å². The molecule has 0 radical (unpaired) electrons. The van der Waals surface area contributed by atoms with Gasteiger partial charge in [-0.15, -0.1) is 16.4 Å². The van der Waals surface area contributed by atoms with Crippen molar-refractivity contribution in [2.75, 3.05) is 0 Å². The Labute approximate surface area is 193 Å². The molecule has 33 heavy (non-hydrogen) atoms. The van der Waals surface area contributed by atoms with Crippen LogP contribution in [0.1, 0.15) is 46.6 Å². The third-order valence-electron chi connectivity index (χ3n) is 5.47. The van der Waals surface area contributed by atoms with Crippen LogP contribution in [0.2, 0.25) is 0 Å². The Hall–Kier alpha value is -3.86. The molecule has 1 atom stereocenters. The predicted octanol–water partition coefficient (Wildman–Crippen LogP) is 3.51. The summed E-state index contributed by atoms with van der Waals surface area (Å²) in [5, 5.41) is 18.1. The van der Waals surface area contributed by atoms with Gasteiger partial charge in [0.1, 0.15) is 17.8 Å². The standard InChI is InChI=1S/C22H23N9OS/c1-12(2)19(20-24-11-26-28-20)27-22(32)15-7-16(31-13(3)8-25-29-31)21-23-9-17(30(21)10-15)18-6-5-14(4)33-18/h5-12,19H,1-4H3,(H,27,32)(H,24,26,28). The van der Waals surface area contributed by atoms with Gasteiger partial charge in [0, 0.05) is 11.1 Å². The second-order valence-corrected chi connectivity index (χ2v) is 9.50. The summed E-state index contributed by atoms with van der Waals surface area (Å²) in [6, 6.07) is 5.62. The molecule has 5 rings (SSSR count). The van der Waals surface area contributed by atoms with Crippen molar-refractivity contribution in [3.8, 4) is 16.3 Å². The number of hydrogen-bond acceptors (Lipinski definition) is 7. The first-order valence-corrected chi connectivity index (χ1v) is 11.4. The van der Waals surface area contributed by atoms with Gasteiger partial charge in [0.2, 0.25) is 0 Å². The monoisotopic (exact) mass is 461 g/mol. The molecule has 5 aromatic rings. The second-order valence-electron chi connectivity index (χ2n) is 8.21. The SMILES string of the molecule is Cc1ccc(-c2cnc3c(-n4nncc4C)cc(C(=O)NC(c4ncn[nH]4)C(C)C)cn23)s1. The molecule has 11 heteroatoms. The molecule has 0 aromatic carbocycles. The van der Waals surface area contributed by atoms with Gasteiger partial charge in [0.05, 0.1) is 40.3 Å². The molecule has 10 nitrogen and oxygen atoms in total. The van der Waals surface area contributed by atoms with E-state index >= 15 is 0 Å². The molecule has 0 spiro atoms. The first kappa shape index (κ1) is 21.0. The van der Waals surface area contributed by atoms with E-state index in [-0.39, 0.29) is 17.9 Å². The fourth-order valence-corrected chi connectivity index (χ4v) is 4.64. The van der Waals surface area contributed by atoms with Crippen LogP contribution in [-0.2, 0) is 0 Å². The second kappa shape index (κ2) is 8.24. The Kier molecular flexibility index (Phi) is 5.25. The highest BCUT2D eigenvalue weighted by atomic mass is 32.1. The largest absolute Gasteiger partial charge is 0.342 e. The average Bonchev–Trinajstić information content (AvgIpc) is 3.58. The fraction of sp³-hybridized carbons (Fsp3) is 0.273. The zero-order valence-corrected chi connectivity index (χ0v) is 19.5. The number of rotatable bonds is 6. The topological polar surface area (TPSA) is 119 Å². The normalized spacial score (nSPS) is 12.5. The van der Waals surface area contributed by atoms with E-state index in [0.29, 0.717) is 22.7 Å². The number of thiophene rings is 1. The number of imidazole rings is 1. The van der Waals surface area contributed by atoms with Gasteiger partial charge in [-0.1, -0.05) is 19.1 Å². The number of amides is 1. The van der Waals surface area contributed by atoms with E-state index in [1.165, 1.54) is 11.2 Å². The van der Waals surface area contributed by atoms with E-state index in [2.05, 4.69) is 54.9 Å². The van der Waals surface area contributed by atoms with Gasteiger partial charge in [-0.2, -0.15) is 5.10 Å². The summed E-state index contributed by atoms with van der Waals surface area (Å²) in [5.41, 5.74) is 3.60. The number of fused-ring (bicyclic) bond motifs is 1. The number of aromatic nitrogens is 8. The van der Waals surface area contributed by atoms with E-state index in [1.807, 2.05) is 37.6 Å². The Morgan fingerprint density at radius 3 is 2.67 bits per heavy atom. The molecule has 5 heterocycles. The lowest BCUT2D eigenvalue weighted by Crippen LogP contribution is -2.32. The molecule has 2 N–H and O–H groups in total. The van der Waals surface area contributed by atoms with Gasteiger partial charge >= 0.3 is 0 Å². The first-order valence-electron chi connectivity index (χ1n) is 10.5. The zero-order valence-electron chi connectivity index (χ0n) is 18.6. The summed E-state index contributed by atoms with van der Waals surface area (Å²) in [7, 11) is 0. The molecule has 0 aliphatic carbocycles. The third kappa shape index (κ3) is 3.80. The summed E-state index contributed by atoms with van der Waals surface area (Å²) < 4.78 is 3.63. The highest BCUT2D eigenvalue weighted by Gasteiger charge is 2.24. The maximum Gasteiger partial charge on any atom is 0.253 e. The van der Waals surface area contributed by atoms with Gasteiger partial charge in [-0.25, -0.2) is 14.6 Å². The van der Waals surface area contributed by atoms with Crippen LogP contribution < -0.4 is 5.32 Å². The number of nitrogens with one attached hydrogen (secondary N) is 2. The van der Waals surface area contributed by atoms with Crippen LogP contribution in [0.3, 0.4) is 0 Å². The summed E-state index contributed by atoms with van der Waals surface area (Å²) in [5.74, 6) is 0.498. The molecule has 0 saturated carbocycles. The van der Waals surface area contributed by atoms with Gasteiger partial charge in [-0.05, 0) is 38.0 Å². The van der Waals surface area contributed by atoms with Crippen LogP contribution in [0.25, 0.3) is 21.9 Å². The molecule has 5 aromatic heterocycles. The van der Waals surface area contributed by atoms with Crippen molar-refractivity contribution in [3.63, 3.8) is 0 Å². The quantitative estimate of drug-likeness (QED) is 0.399. The van der Waals surface area contributed by atoms with Crippen LogP contribution >= 0.6 is 11.3 Å². The summed E-state index contributed by atoms with van der Waals surface area (Å²) in [6.45, 7) is 8.02. The lowest BCUT2D eigenvalue weighted by Gasteiger charge is -2.20. The third-order valence-corrected chi connectivity index (χ3v) is 6.49. The minimum Gasteiger partial charge on any atom is -0.342 e. The lowest BCUT2D eigenvalue weighted by molar-refractivity contribution is 0.0922. The Balaban J connectivity index is 1.64. The minimum atomic E-state index is -0.311. The van der Waals surface area contributed by atoms with Gasteiger partial charge in [0.15, 0.2) is 5.65 Å². The number of carbonyl (C=O) groups is 1. The van der Waals surface area contributed by atoms with Crippen molar-refractivity contribution in [2.24, 2.45) is 5.92 Å². The molecule has 1 unspecified atom stereocenters. The summed E-state index contributed by atoms with van der Waals surface area (Å²) in [6.07, 6.45) is 6.75. The summed E-state index contributed by atoms with van der Waals surface area (Å²) in [4.78, 5) is 24.6. The van der Waals surface area contributed by atoms with Crippen LogP contribution in [0.15, 0.2) is 43.1 Å². The highest BCUT2D eigenvalue weighted by molar-refractivity contribution is 7.15. The molecule has 0 aliphatic heterocycles. The van der Waals surface area contributed by atoms with Crippen LogP contribution in [0.5, 0.6) is 0 Å². The molecule has 0 bridgehead atoms.